The Hall–Kier alpha value is -2.36. The predicted octanol–water partition coefficient (Wildman–Crippen LogP) is 3.99. The summed E-state index contributed by atoms with van der Waals surface area (Å²) >= 11 is 0. The van der Waals surface area contributed by atoms with Crippen LogP contribution < -0.4 is 4.74 Å². The summed E-state index contributed by atoms with van der Waals surface area (Å²) < 4.78 is 18.7. The molecule has 0 unspecified atom stereocenters. The number of phenolic OH excluding ortho intramolecular Hbond substituents is 1. The molecule has 0 aliphatic rings. The average Bonchev–Trinajstić information content (AvgIpc) is 2.42. The number of aliphatic imine (C=N–C) groups is 1. The number of hydrogen-bond donors (Lipinski definition) is 1. The topological polar surface area (TPSA) is 41.8 Å². The SMILES string of the molecule is CCOc1ccc(C=Nc2ccc(C)c(F)c2)c(O)c1. The van der Waals surface area contributed by atoms with Gasteiger partial charge in [0.05, 0.1) is 12.3 Å². The van der Waals surface area contributed by atoms with Crippen LogP contribution in [0.2, 0.25) is 0 Å². The molecule has 0 aliphatic carbocycles. The molecule has 4 heteroatoms. The van der Waals surface area contributed by atoms with E-state index in [1.807, 2.05) is 6.92 Å². The fourth-order valence-corrected chi connectivity index (χ4v) is 1.70. The number of ether oxygens (including phenoxy) is 1. The molecule has 0 atom stereocenters. The van der Waals surface area contributed by atoms with Crippen molar-refractivity contribution in [3.8, 4) is 11.5 Å². The van der Waals surface area contributed by atoms with Crippen LogP contribution in [-0.2, 0) is 0 Å². The van der Waals surface area contributed by atoms with E-state index in [4.69, 9.17) is 4.74 Å². The normalized spacial score (nSPS) is 10.9. The van der Waals surface area contributed by atoms with Crippen LogP contribution in [0.5, 0.6) is 11.5 Å². The van der Waals surface area contributed by atoms with E-state index < -0.39 is 0 Å². The molecule has 2 aromatic rings. The Labute approximate surface area is 117 Å². The predicted molar refractivity (Wildman–Crippen MR) is 77.7 cm³/mol. The largest absolute Gasteiger partial charge is 0.507 e. The average molecular weight is 273 g/mol. The zero-order chi connectivity index (χ0) is 14.5. The summed E-state index contributed by atoms with van der Waals surface area (Å²) in [6, 6.07) is 9.73. The van der Waals surface area contributed by atoms with Crippen LogP contribution in [0.4, 0.5) is 10.1 Å². The lowest BCUT2D eigenvalue weighted by Crippen LogP contribution is -1.92. The first kappa shape index (κ1) is 14.1. The highest BCUT2D eigenvalue weighted by atomic mass is 19.1. The Bertz CT molecular complexity index is 638. The highest BCUT2D eigenvalue weighted by Gasteiger charge is 2.02. The van der Waals surface area contributed by atoms with Crippen molar-refractivity contribution in [3.63, 3.8) is 0 Å². The first-order valence-electron chi connectivity index (χ1n) is 6.36. The van der Waals surface area contributed by atoms with Crippen LogP contribution in [0.1, 0.15) is 18.1 Å². The Morgan fingerprint density at radius 2 is 2.05 bits per heavy atom. The monoisotopic (exact) mass is 273 g/mol. The maximum absolute atomic E-state index is 13.4. The molecule has 0 fully saturated rings. The molecule has 0 aliphatic heterocycles. The summed E-state index contributed by atoms with van der Waals surface area (Å²) in [5, 5.41) is 9.85. The number of benzene rings is 2. The van der Waals surface area contributed by atoms with E-state index in [9.17, 15) is 9.50 Å². The molecule has 1 N–H and O–H groups in total. The smallest absolute Gasteiger partial charge is 0.128 e. The van der Waals surface area contributed by atoms with Gasteiger partial charge in [-0.15, -0.1) is 0 Å². The fourth-order valence-electron chi connectivity index (χ4n) is 1.70. The molecule has 0 bridgehead atoms. The van der Waals surface area contributed by atoms with Gasteiger partial charge in [0.2, 0.25) is 0 Å². The summed E-state index contributed by atoms with van der Waals surface area (Å²) in [5.74, 6) is 0.381. The standard InChI is InChI=1S/C16H16FNO2/c1-3-20-14-7-5-12(16(19)9-14)10-18-13-6-4-11(2)15(17)8-13/h4-10,19H,3H2,1-2H3. The molecule has 0 aromatic heterocycles. The third kappa shape index (κ3) is 3.35. The van der Waals surface area contributed by atoms with Crippen molar-refractivity contribution in [2.45, 2.75) is 13.8 Å². The van der Waals surface area contributed by atoms with Crippen LogP contribution in [-0.4, -0.2) is 17.9 Å². The molecule has 2 aromatic carbocycles. The van der Waals surface area contributed by atoms with Crippen LogP contribution in [0.3, 0.4) is 0 Å². The first-order chi connectivity index (χ1) is 9.60. The first-order valence-corrected chi connectivity index (χ1v) is 6.36. The molecular weight excluding hydrogens is 257 g/mol. The number of aryl methyl sites for hydroxylation is 1. The summed E-state index contributed by atoms with van der Waals surface area (Å²) in [7, 11) is 0. The number of rotatable bonds is 4. The summed E-state index contributed by atoms with van der Waals surface area (Å²) in [6.07, 6.45) is 1.50. The van der Waals surface area contributed by atoms with Crippen molar-refractivity contribution < 1.29 is 14.2 Å². The third-order valence-corrected chi connectivity index (χ3v) is 2.82. The molecule has 104 valence electrons. The molecule has 0 radical (unpaired) electrons. The minimum absolute atomic E-state index is 0.0762. The van der Waals surface area contributed by atoms with Gasteiger partial charge in [-0.05, 0) is 43.7 Å². The molecule has 3 nitrogen and oxygen atoms in total. The van der Waals surface area contributed by atoms with Gasteiger partial charge in [-0.25, -0.2) is 4.39 Å². The lowest BCUT2D eigenvalue weighted by molar-refractivity contribution is 0.337. The Balaban J connectivity index is 2.20. The molecule has 0 saturated heterocycles. The molecule has 0 spiro atoms. The lowest BCUT2D eigenvalue weighted by Gasteiger charge is -2.05. The summed E-state index contributed by atoms with van der Waals surface area (Å²) in [6.45, 7) is 4.11. The number of phenols is 1. The molecular formula is C16H16FNO2. The van der Waals surface area contributed by atoms with Crippen LogP contribution in [0.15, 0.2) is 41.4 Å². The summed E-state index contributed by atoms with van der Waals surface area (Å²) in [5.41, 5.74) is 1.63. The minimum Gasteiger partial charge on any atom is -0.507 e. The van der Waals surface area contributed by atoms with Crippen molar-refractivity contribution in [2.24, 2.45) is 4.99 Å². The fraction of sp³-hybridized carbons (Fsp3) is 0.188. The Morgan fingerprint density at radius 3 is 2.70 bits per heavy atom. The van der Waals surface area contributed by atoms with Gasteiger partial charge in [0, 0.05) is 17.8 Å². The third-order valence-electron chi connectivity index (χ3n) is 2.82. The van der Waals surface area contributed by atoms with Crippen LogP contribution >= 0.6 is 0 Å². The quantitative estimate of drug-likeness (QED) is 0.856. The molecule has 0 amide bonds. The van der Waals surface area contributed by atoms with E-state index in [0.29, 0.717) is 29.2 Å². The van der Waals surface area contributed by atoms with E-state index in [-0.39, 0.29) is 11.6 Å². The molecule has 0 heterocycles. The second kappa shape index (κ2) is 6.19. The van der Waals surface area contributed by atoms with Crippen LogP contribution in [0.25, 0.3) is 0 Å². The van der Waals surface area contributed by atoms with Gasteiger partial charge in [0.15, 0.2) is 0 Å². The minimum atomic E-state index is -0.296. The van der Waals surface area contributed by atoms with Gasteiger partial charge in [-0.2, -0.15) is 0 Å². The second-order valence-electron chi connectivity index (χ2n) is 4.35. The van der Waals surface area contributed by atoms with E-state index in [0.717, 1.165) is 0 Å². The highest BCUT2D eigenvalue weighted by molar-refractivity contribution is 5.85. The van der Waals surface area contributed by atoms with Crippen molar-refractivity contribution in [3.05, 3.63) is 53.3 Å². The van der Waals surface area contributed by atoms with Gasteiger partial charge in [-0.3, -0.25) is 4.99 Å². The van der Waals surface area contributed by atoms with Crippen LogP contribution in [0, 0.1) is 12.7 Å². The highest BCUT2D eigenvalue weighted by Crippen LogP contribution is 2.23. The zero-order valence-electron chi connectivity index (χ0n) is 11.4. The van der Waals surface area contributed by atoms with E-state index in [2.05, 4.69) is 4.99 Å². The zero-order valence-corrected chi connectivity index (χ0v) is 11.4. The second-order valence-corrected chi connectivity index (χ2v) is 4.35. The molecule has 2 rings (SSSR count). The van der Waals surface area contributed by atoms with Gasteiger partial charge in [-0.1, -0.05) is 6.07 Å². The number of aromatic hydroxyl groups is 1. The Kier molecular flexibility index (Phi) is 4.35. The van der Waals surface area contributed by atoms with Gasteiger partial charge < -0.3 is 9.84 Å². The number of halogens is 1. The van der Waals surface area contributed by atoms with Gasteiger partial charge in [0.25, 0.3) is 0 Å². The van der Waals surface area contributed by atoms with Gasteiger partial charge >= 0.3 is 0 Å². The van der Waals surface area contributed by atoms with E-state index in [1.165, 1.54) is 18.3 Å². The van der Waals surface area contributed by atoms with E-state index >= 15 is 0 Å². The van der Waals surface area contributed by atoms with Crippen molar-refractivity contribution >= 4 is 11.9 Å². The maximum atomic E-state index is 13.4. The summed E-state index contributed by atoms with van der Waals surface area (Å²) in [4.78, 5) is 4.15. The molecule has 0 saturated carbocycles. The molecule has 20 heavy (non-hydrogen) atoms. The van der Waals surface area contributed by atoms with Crippen molar-refractivity contribution in [1.29, 1.82) is 0 Å². The number of hydrogen-bond acceptors (Lipinski definition) is 3. The number of nitrogens with zero attached hydrogens (tertiary/aromatic N) is 1. The Morgan fingerprint density at radius 1 is 1.25 bits per heavy atom. The van der Waals surface area contributed by atoms with E-state index in [1.54, 1.807) is 31.2 Å². The van der Waals surface area contributed by atoms with Crippen molar-refractivity contribution in [2.75, 3.05) is 6.61 Å². The van der Waals surface area contributed by atoms with Gasteiger partial charge in [0.1, 0.15) is 17.3 Å². The lowest BCUT2D eigenvalue weighted by atomic mass is 10.2. The maximum Gasteiger partial charge on any atom is 0.128 e. The van der Waals surface area contributed by atoms with Crippen molar-refractivity contribution in [1.82, 2.24) is 0 Å².